The minimum atomic E-state index is -0.386. The zero-order valence-electron chi connectivity index (χ0n) is 17.6. The van der Waals surface area contributed by atoms with Crippen LogP contribution >= 0.6 is 0 Å². The number of nitrogens with zero attached hydrogens (tertiary/aromatic N) is 1. The van der Waals surface area contributed by atoms with Crippen molar-refractivity contribution in [1.82, 2.24) is 4.90 Å². The highest BCUT2D eigenvalue weighted by molar-refractivity contribution is 5.81. The minimum absolute atomic E-state index is 0.201. The smallest absolute Gasteiger partial charge is 0.306 e. The van der Waals surface area contributed by atoms with Crippen LogP contribution in [0.25, 0.3) is 0 Å². The average molecular weight is 413 g/mol. The molecule has 2 aromatic carbocycles. The lowest BCUT2D eigenvalue weighted by molar-refractivity contribution is -0.152. The molecule has 2 aromatic rings. The van der Waals surface area contributed by atoms with Gasteiger partial charge in [-0.05, 0) is 53.8 Å². The highest BCUT2D eigenvalue weighted by Gasteiger charge is 2.23. The average Bonchev–Trinajstić information content (AvgIpc) is 2.80. The normalized spacial score (nSPS) is 12.7. The van der Waals surface area contributed by atoms with Crippen molar-refractivity contribution in [1.29, 1.82) is 0 Å². The second kappa shape index (κ2) is 10.0. The van der Waals surface area contributed by atoms with Gasteiger partial charge in [-0.1, -0.05) is 12.1 Å². The number of esters is 1. The molecule has 0 atom stereocenters. The van der Waals surface area contributed by atoms with E-state index in [-0.39, 0.29) is 24.9 Å². The zero-order valence-corrected chi connectivity index (χ0v) is 17.6. The number of methoxy groups -OCH3 is 3. The largest absolute Gasteiger partial charge is 0.497 e. The molecule has 0 saturated carbocycles. The number of ether oxygens (including phenoxy) is 4. The van der Waals surface area contributed by atoms with Crippen molar-refractivity contribution >= 4 is 11.9 Å². The van der Waals surface area contributed by atoms with Crippen LogP contribution in [-0.2, 0) is 33.7 Å². The van der Waals surface area contributed by atoms with Crippen molar-refractivity contribution in [3.05, 3.63) is 53.1 Å². The Labute approximate surface area is 176 Å². The lowest BCUT2D eigenvalue weighted by atomic mass is 9.99. The van der Waals surface area contributed by atoms with E-state index in [0.29, 0.717) is 37.4 Å². The minimum Gasteiger partial charge on any atom is -0.497 e. The Morgan fingerprint density at radius 3 is 2.23 bits per heavy atom. The molecule has 1 aliphatic heterocycles. The van der Waals surface area contributed by atoms with E-state index in [1.807, 2.05) is 36.4 Å². The molecule has 1 heterocycles. The molecule has 0 aliphatic carbocycles. The Kier molecular flexibility index (Phi) is 7.17. The summed E-state index contributed by atoms with van der Waals surface area (Å²) in [6.45, 7) is 0.784. The van der Waals surface area contributed by atoms with Gasteiger partial charge in [-0.15, -0.1) is 0 Å². The van der Waals surface area contributed by atoms with Crippen LogP contribution in [0.1, 0.15) is 23.1 Å². The summed E-state index contributed by atoms with van der Waals surface area (Å²) in [5, 5.41) is 0. The van der Waals surface area contributed by atoms with Gasteiger partial charge in [0.05, 0.1) is 21.3 Å². The summed E-state index contributed by atoms with van der Waals surface area (Å²) in [6, 6.07) is 11.4. The molecule has 0 radical (unpaired) electrons. The fourth-order valence-corrected chi connectivity index (χ4v) is 3.44. The third-order valence-corrected chi connectivity index (χ3v) is 5.20. The van der Waals surface area contributed by atoms with E-state index in [4.69, 9.17) is 18.9 Å². The van der Waals surface area contributed by atoms with Gasteiger partial charge < -0.3 is 23.8 Å². The van der Waals surface area contributed by atoms with Crippen LogP contribution in [0.4, 0.5) is 0 Å². The molecule has 0 N–H and O–H groups in total. The fraction of sp³-hybridized carbons (Fsp3) is 0.391. The first kappa shape index (κ1) is 21.5. The van der Waals surface area contributed by atoms with Crippen molar-refractivity contribution in [2.45, 2.75) is 25.8 Å². The van der Waals surface area contributed by atoms with Crippen molar-refractivity contribution in [3.63, 3.8) is 0 Å². The van der Waals surface area contributed by atoms with Crippen molar-refractivity contribution in [3.8, 4) is 17.2 Å². The number of rotatable bonds is 8. The topological polar surface area (TPSA) is 74.3 Å². The predicted molar refractivity (Wildman–Crippen MR) is 111 cm³/mol. The Morgan fingerprint density at radius 1 is 0.933 bits per heavy atom. The highest BCUT2D eigenvalue weighted by atomic mass is 16.5. The molecule has 160 valence electrons. The van der Waals surface area contributed by atoms with Gasteiger partial charge in [0.1, 0.15) is 5.75 Å². The summed E-state index contributed by atoms with van der Waals surface area (Å²) in [5.41, 5.74) is 3.15. The molecular weight excluding hydrogens is 386 g/mol. The maximum Gasteiger partial charge on any atom is 0.306 e. The van der Waals surface area contributed by atoms with Gasteiger partial charge in [0.15, 0.2) is 18.1 Å². The van der Waals surface area contributed by atoms with E-state index in [2.05, 4.69) is 0 Å². The maximum atomic E-state index is 12.5. The molecule has 0 bridgehead atoms. The first-order valence-corrected chi connectivity index (χ1v) is 9.84. The summed E-state index contributed by atoms with van der Waals surface area (Å²) in [6.07, 6.45) is 1.49. The van der Waals surface area contributed by atoms with E-state index < -0.39 is 0 Å². The van der Waals surface area contributed by atoms with Gasteiger partial charge in [0.2, 0.25) is 0 Å². The van der Waals surface area contributed by atoms with E-state index in [9.17, 15) is 9.59 Å². The summed E-state index contributed by atoms with van der Waals surface area (Å²) in [7, 11) is 4.80. The predicted octanol–water partition coefficient (Wildman–Crippen LogP) is 2.77. The Hall–Kier alpha value is -3.22. The first-order chi connectivity index (χ1) is 14.5. The molecule has 7 nitrogen and oxygen atoms in total. The monoisotopic (exact) mass is 413 g/mol. The number of fused-ring (bicyclic) bond motifs is 1. The number of carbonyl (C=O) groups excluding carboxylic acids is 2. The SMILES string of the molecule is COc1ccc(CCC(=O)OCC(=O)N2CCc3cc(OC)c(OC)cc3C2)cc1. The van der Waals surface area contributed by atoms with Crippen LogP contribution in [0.15, 0.2) is 36.4 Å². The quantitative estimate of drug-likeness (QED) is 0.620. The molecule has 0 fully saturated rings. The van der Waals surface area contributed by atoms with Crippen LogP contribution < -0.4 is 14.2 Å². The summed E-state index contributed by atoms with van der Waals surface area (Å²) in [5.74, 6) is 1.50. The van der Waals surface area contributed by atoms with Crippen molar-refractivity contribution < 1.29 is 28.5 Å². The van der Waals surface area contributed by atoms with E-state index in [0.717, 1.165) is 22.4 Å². The molecule has 7 heteroatoms. The number of benzene rings is 2. The fourth-order valence-electron chi connectivity index (χ4n) is 3.44. The number of carbonyl (C=O) groups is 2. The van der Waals surface area contributed by atoms with E-state index in [1.165, 1.54) is 0 Å². The van der Waals surface area contributed by atoms with Crippen LogP contribution in [0, 0.1) is 0 Å². The molecule has 3 rings (SSSR count). The highest BCUT2D eigenvalue weighted by Crippen LogP contribution is 2.33. The molecular formula is C23H27NO6. The number of aryl methyl sites for hydroxylation is 1. The standard InChI is InChI=1S/C23H27NO6/c1-27-19-7-4-16(5-8-19)6-9-23(26)30-15-22(25)24-11-10-17-12-20(28-2)21(29-3)13-18(17)14-24/h4-5,7-8,12-13H,6,9-11,14-15H2,1-3H3. The molecule has 0 saturated heterocycles. The third kappa shape index (κ3) is 5.23. The second-order valence-electron chi connectivity index (χ2n) is 7.05. The molecule has 1 amide bonds. The Bertz CT molecular complexity index is 893. The first-order valence-electron chi connectivity index (χ1n) is 9.84. The summed E-state index contributed by atoms with van der Waals surface area (Å²) >= 11 is 0. The lowest BCUT2D eigenvalue weighted by Gasteiger charge is -2.29. The molecule has 0 unspecified atom stereocenters. The van der Waals surface area contributed by atoms with Crippen molar-refractivity contribution in [2.75, 3.05) is 34.5 Å². The van der Waals surface area contributed by atoms with Crippen LogP contribution in [0.2, 0.25) is 0 Å². The van der Waals surface area contributed by atoms with Crippen molar-refractivity contribution in [2.24, 2.45) is 0 Å². The van der Waals surface area contributed by atoms with Crippen LogP contribution in [0.5, 0.6) is 17.2 Å². The number of amides is 1. The van der Waals surface area contributed by atoms with Gasteiger partial charge in [-0.2, -0.15) is 0 Å². The van der Waals surface area contributed by atoms with Gasteiger partial charge in [-0.3, -0.25) is 9.59 Å². The van der Waals surface area contributed by atoms with Crippen LogP contribution in [-0.4, -0.2) is 51.3 Å². The summed E-state index contributed by atoms with van der Waals surface area (Å²) in [4.78, 5) is 26.2. The zero-order chi connectivity index (χ0) is 21.5. The molecule has 0 spiro atoms. The van der Waals surface area contributed by atoms with Gasteiger partial charge in [-0.25, -0.2) is 0 Å². The van der Waals surface area contributed by atoms with Gasteiger partial charge in [0, 0.05) is 19.5 Å². The van der Waals surface area contributed by atoms with Gasteiger partial charge in [0.25, 0.3) is 5.91 Å². The third-order valence-electron chi connectivity index (χ3n) is 5.20. The van der Waals surface area contributed by atoms with E-state index >= 15 is 0 Å². The van der Waals surface area contributed by atoms with Crippen LogP contribution in [0.3, 0.4) is 0 Å². The van der Waals surface area contributed by atoms with E-state index in [1.54, 1.807) is 26.2 Å². The second-order valence-corrected chi connectivity index (χ2v) is 7.05. The molecule has 1 aliphatic rings. The summed E-state index contributed by atoms with van der Waals surface area (Å²) < 4.78 is 21.0. The Balaban J connectivity index is 1.48. The lowest BCUT2D eigenvalue weighted by Crippen LogP contribution is -2.38. The Morgan fingerprint density at radius 2 is 1.60 bits per heavy atom. The number of hydrogen-bond donors (Lipinski definition) is 0. The van der Waals surface area contributed by atoms with Gasteiger partial charge >= 0.3 is 5.97 Å². The molecule has 0 aromatic heterocycles. The number of hydrogen-bond acceptors (Lipinski definition) is 6. The molecule has 30 heavy (non-hydrogen) atoms. The maximum absolute atomic E-state index is 12.5.